The molecule has 0 saturated carbocycles. The van der Waals surface area contributed by atoms with E-state index in [-0.39, 0.29) is 0 Å². The first-order chi connectivity index (χ1) is 8.19. The van der Waals surface area contributed by atoms with Gasteiger partial charge in [-0.15, -0.1) is 0 Å². The number of benzene rings is 1. The number of pyridine rings is 1. The molecular formula is C13H12BrNO2. The molecule has 0 aliphatic rings. The zero-order valence-corrected chi connectivity index (χ0v) is 11.2. The van der Waals surface area contributed by atoms with E-state index in [0.29, 0.717) is 5.88 Å². The van der Waals surface area contributed by atoms with Crippen molar-refractivity contribution in [3.8, 4) is 17.4 Å². The number of hydrogen-bond acceptors (Lipinski definition) is 3. The van der Waals surface area contributed by atoms with Crippen LogP contribution in [0.5, 0.6) is 17.4 Å². The van der Waals surface area contributed by atoms with E-state index in [1.54, 1.807) is 7.11 Å². The Labute approximate surface area is 109 Å². The normalized spacial score (nSPS) is 10.1. The fraction of sp³-hybridized carbons (Fsp3) is 0.154. The van der Waals surface area contributed by atoms with Crippen molar-refractivity contribution >= 4 is 15.9 Å². The van der Waals surface area contributed by atoms with Gasteiger partial charge in [0, 0.05) is 10.5 Å². The van der Waals surface area contributed by atoms with Gasteiger partial charge in [0.1, 0.15) is 11.5 Å². The Balaban J connectivity index is 2.16. The molecular weight excluding hydrogens is 282 g/mol. The Hall–Kier alpha value is -1.55. The first-order valence-electron chi connectivity index (χ1n) is 5.14. The summed E-state index contributed by atoms with van der Waals surface area (Å²) in [5, 5.41) is 0. The number of ether oxygens (including phenoxy) is 2. The number of methoxy groups -OCH3 is 1. The number of nitrogens with zero attached hydrogens (tertiary/aromatic N) is 1. The van der Waals surface area contributed by atoms with Crippen LogP contribution >= 0.6 is 15.9 Å². The monoisotopic (exact) mass is 293 g/mol. The first-order valence-corrected chi connectivity index (χ1v) is 5.93. The first kappa shape index (κ1) is 11.9. The summed E-state index contributed by atoms with van der Waals surface area (Å²) in [5.74, 6) is 2.12. The largest absolute Gasteiger partial charge is 0.497 e. The maximum absolute atomic E-state index is 5.63. The van der Waals surface area contributed by atoms with E-state index < -0.39 is 0 Å². The lowest BCUT2D eigenvalue weighted by Gasteiger charge is -2.06. The van der Waals surface area contributed by atoms with Gasteiger partial charge < -0.3 is 9.47 Å². The molecule has 4 heteroatoms. The summed E-state index contributed by atoms with van der Waals surface area (Å²) in [6.07, 6.45) is 0. The molecule has 1 aromatic heterocycles. The summed E-state index contributed by atoms with van der Waals surface area (Å²) >= 11 is 3.40. The lowest BCUT2D eigenvalue weighted by atomic mass is 10.3. The van der Waals surface area contributed by atoms with Crippen LogP contribution in [0.3, 0.4) is 0 Å². The summed E-state index contributed by atoms with van der Waals surface area (Å²) in [6, 6.07) is 11.1. The predicted octanol–water partition coefficient (Wildman–Crippen LogP) is 3.95. The highest BCUT2D eigenvalue weighted by molar-refractivity contribution is 9.10. The van der Waals surface area contributed by atoms with Crippen molar-refractivity contribution in [1.82, 2.24) is 4.98 Å². The molecule has 0 amide bonds. The van der Waals surface area contributed by atoms with Gasteiger partial charge in [0.25, 0.3) is 0 Å². The fourth-order valence-electron chi connectivity index (χ4n) is 1.34. The topological polar surface area (TPSA) is 31.4 Å². The quantitative estimate of drug-likeness (QED) is 0.858. The second-order valence-electron chi connectivity index (χ2n) is 3.49. The third-order valence-corrected chi connectivity index (χ3v) is 3.12. The fourth-order valence-corrected chi connectivity index (χ4v) is 1.56. The van der Waals surface area contributed by atoms with Crippen LogP contribution in [0.2, 0.25) is 0 Å². The molecule has 0 atom stereocenters. The molecule has 88 valence electrons. The van der Waals surface area contributed by atoms with Gasteiger partial charge in [0.2, 0.25) is 5.88 Å². The van der Waals surface area contributed by atoms with Gasteiger partial charge in [-0.05, 0) is 53.2 Å². The summed E-state index contributed by atoms with van der Waals surface area (Å²) in [4.78, 5) is 4.31. The average Bonchev–Trinajstić information content (AvgIpc) is 2.35. The Morgan fingerprint density at radius 3 is 2.24 bits per heavy atom. The molecule has 17 heavy (non-hydrogen) atoms. The Morgan fingerprint density at radius 1 is 1.00 bits per heavy atom. The van der Waals surface area contributed by atoms with Crippen molar-refractivity contribution in [2.45, 2.75) is 6.92 Å². The van der Waals surface area contributed by atoms with Gasteiger partial charge in [0.15, 0.2) is 0 Å². The van der Waals surface area contributed by atoms with Gasteiger partial charge in [-0.25, -0.2) is 4.98 Å². The molecule has 0 radical (unpaired) electrons. The summed E-state index contributed by atoms with van der Waals surface area (Å²) in [5.41, 5.74) is 0.899. The van der Waals surface area contributed by atoms with Crippen LogP contribution in [0.1, 0.15) is 5.69 Å². The van der Waals surface area contributed by atoms with E-state index in [9.17, 15) is 0 Å². The van der Waals surface area contributed by atoms with Crippen LogP contribution in [0.4, 0.5) is 0 Å². The van der Waals surface area contributed by atoms with E-state index in [1.165, 1.54) is 0 Å². The minimum atomic E-state index is 0.580. The summed E-state index contributed by atoms with van der Waals surface area (Å²) < 4.78 is 11.7. The molecule has 0 N–H and O–H groups in total. The molecule has 0 spiro atoms. The molecule has 2 rings (SSSR count). The molecule has 0 unspecified atom stereocenters. The molecule has 0 saturated heterocycles. The predicted molar refractivity (Wildman–Crippen MR) is 69.7 cm³/mol. The average molecular weight is 294 g/mol. The number of rotatable bonds is 3. The lowest BCUT2D eigenvalue weighted by Crippen LogP contribution is -1.90. The highest BCUT2D eigenvalue weighted by Crippen LogP contribution is 2.24. The zero-order chi connectivity index (χ0) is 12.3. The highest BCUT2D eigenvalue weighted by atomic mass is 79.9. The van der Waals surface area contributed by atoms with Crippen LogP contribution in [-0.2, 0) is 0 Å². The Morgan fingerprint density at radius 2 is 1.65 bits per heavy atom. The van der Waals surface area contributed by atoms with E-state index >= 15 is 0 Å². The van der Waals surface area contributed by atoms with Crippen molar-refractivity contribution in [2.75, 3.05) is 7.11 Å². The van der Waals surface area contributed by atoms with E-state index in [0.717, 1.165) is 21.7 Å². The maximum Gasteiger partial charge on any atom is 0.219 e. The smallest absolute Gasteiger partial charge is 0.219 e. The number of halogens is 1. The summed E-state index contributed by atoms with van der Waals surface area (Å²) in [6.45, 7) is 1.92. The standard InChI is InChI=1S/C13H12BrNO2/c1-9-12(14)7-8-13(15-9)17-11-5-3-10(16-2)4-6-11/h3-8H,1-2H3. The van der Waals surface area contributed by atoms with Crippen LogP contribution in [-0.4, -0.2) is 12.1 Å². The van der Waals surface area contributed by atoms with Gasteiger partial charge in [0.05, 0.1) is 12.8 Å². The minimum absolute atomic E-state index is 0.580. The van der Waals surface area contributed by atoms with Gasteiger partial charge in [-0.2, -0.15) is 0 Å². The van der Waals surface area contributed by atoms with Crippen molar-refractivity contribution < 1.29 is 9.47 Å². The number of hydrogen-bond donors (Lipinski definition) is 0. The molecule has 3 nitrogen and oxygen atoms in total. The van der Waals surface area contributed by atoms with Crippen LogP contribution in [0.15, 0.2) is 40.9 Å². The molecule has 1 heterocycles. The second kappa shape index (κ2) is 5.19. The van der Waals surface area contributed by atoms with Crippen molar-refractivity contribution in [1.29, 1.82) is 0 Å². The van der Waals surface area contributed by atoms with E-state index in [4.69, 9.17) is 9.47 Å². The Bertz CT molecular complexity index is 511. The third kappa shape index (κ3) is 2.97. The highest BCUT2D eigenvalue weighted by Gasteiger charge is 2.02. The molecule has 2 aromatic rings. The van der Waals surface area contributed by atoms with E-state index in [2.05, 4.69) is 20.9 Å². The van der Waals surface area contributed by atoms with Crippen LogP contribution < -0.4 is 9.47 Å². The second-order valence-corrected chi connectivity index (χ2v) is 4.35. The lowest BCUT2D eigenvalue weighted by molar-refractivity contribution is 0.412. The van der Waals surface area contributed by atoms with Crippen molar-refractivity contribution in [2.24, 2.45) is 0 Å². The SMILES string of the molecule is COc1ccc(Oc2ccc(Br)c(C)n2)cc1. The van der Waals surface area contributed by atoms with Crippen LogP contribution in [0, 0.1) is 6.92 Å². The van der Waals surface area contributed by atoms with Crippen molar-refractivity contribution in [3.05, 3.63) is 46.6 Å². The molecule has 0 aliphatic heterocycles. The van der Waals surface area contributed by atoms with Crippen molar-refractivity contribution in [3.63, 3.8) is 0 Å². The maximum atomic E-state index is 5.63. The van der Waals surface area contributed by atoms with Crippen LogP contribution in [0.25, 0.3) is 0 Å². The van der Waals surface area contributed by atoms with Gasteiger partial charge in [-0.3, -0.25) is 0 Å². The Kier molecular flexibility index (Phi) is 3.64. The molecule has 0 fully saturated rings. The van der Waals surface area contributed by atoms with Gasteiger partial charge >= 0.3 is 0 Å². The summed E-state index contributed by atoms with van der Waals surface area (Å²) in [7, 11) is 1.63. The number of aryl methyl sites for hydroxylation is 1. The molecule has 0 aliphatic carbocycles. The third-order valence-electron chi connectivity index (χ3n) is 2.28. The van der Waals surface area contributed by atoms with E-state index in [1.807, 2.05) is 43.3 Å². The minimum Gasteiger partial charge on any atom is -0.497 e. The van der Waals surface area contributed by atoms with Gasteiger partial charge in [-0.1, -0.05) is 0 Å². The molecule has 1 aromatic carbocycles. The molecule has 0 bridgehead atoms. The zero-order valence-electron chi connectivity index (χ0n) is 9.61. The number of aromatic nitrogens is 1.